The molecule has 1 fully saturated rings. The molecular weight excluding hydrogens is 513 g/mol. The van der Waals surface area contributed by atoms with Gasteiger partial charge in [0.2, 0.25) is 0 Å². The molecule has 3 rings (SSSR count). The fraction of sp³-hybridized carbons (Fsp3) is 0.625. The van der Waals surface area contributed by atoms with Crippen LogP contribution in [-0.4, -0.2) is 70.3 Å². The standard InChI is InChI=1S/C24H39N7.HI/c1-4-25-24(29(2)19-23-27-20-28-30(23)3)26-14-8-9-15-31-16-12-22(13-17-31)18-21-10-6-5-7-11-21;/h5-7,10-11,20,22H,4,8-9,12-19H2,1-3H3,(H,25,26);1H. The van der Waals surface area contributed by atoms with Gasteiger partial charge < -0.3 is 15.1 Å². The molecule has 2 heterocycles. The van der Waals surface area contributed by atoms with E-state index in [-0.39, 0.29) is 24.0 Å². The second-order valence-electron chi connectivity index (χ2n) is 8.57. The summed E-state index contributed by atoms with van der Waals surface area (Å²) in [5.74, 6) is 2.71. The van der Waals surface area contributed by atoms with Crippen molar-refractivity contribution in [2.75, 3.05) is 39.8 Å². The van der Waals surface area contributed by atoms with Gasteiger partial charge in [-0.15, -0.1) is 24.0 Å². The molecule has 0 radical (unpaired) electrons. The van der Waals surface area contributed by atoms with Crippen LogP contribution >= 0.6 is 24.0 Å². The molecule has 1 saturated heterocycles. The Hall–Kier alpha value is -1.68. The third-order valence-electron chi connectivity index (χ3n) is 6.10. The van der Waals surface area contributed by atoms with Crippen LogP contribution in [-0.2, 0) is 20.0 Å². The normalized spacial score (nSPS) is 15.4. The molecule has 8 heteroatoms. The highest BCUT2D eigenvalue weighted by molar-refractivity contribution is 14.0. The number of aromatic nitrogens is 3. The molecule has 2 aromatic rings. The molecule has 1 aromatic heterocycles. The number of guanidine groups is 1. The number of benzene rings is 1. The van der Waals surface area contributed by atoms with Crippen molar-refractivity contribution in [3.05, 3.63) is 48.0 Å². The molecule has 1 N–H and O–H groups in total. The number of rotatable bonds is 10. The number of aryl methyl sites for hydroxylation is 1. The molecular formula is C24H40IN7. The number of aliphatic imine (C=N–C) groups is 1. The van der Waals surface area contributed by atoms with Gasteiger partial charge in [-0.05, 0) is 70.1 Å². The molecule has 178 valence electrons. The number of unbranched alkanes of at least 4 members (excludes halogenated alkanes) is 1. The first-order chi connectivity index (χ1) is 15.2. The predicted molar refractivity (Wildman–Crippen MR) is 142 cm³/mol. The van der Waals surface area contributed by atoms with Gasteiger partial charge in [-0.2, -0.15) is 5.10 Å². The van der Waals surface area contributed by atoms with E-state index in [4.69, 9.17) is 4.99 Å². The number of hydrogen-bond acceptors (Lipinski definition) is 4. The van der Waals surface area contributed by atoms with E-state index in [1.807, 2.05) is 11.7 Å². The maximum absolute atomic E-state index is 4.82. The quantitative estimate of drug-likeness (QED) is 0.211. The van der Waals surface area contributed by atoms with E-state index < -0.39 is 0 Å². The third-order valence-corrected chi connectivity index (χ3v) is 6.10. The summed E-state index contributed by atoms with van der Waals surface area (Å²) >= 11 is 0. The highest BCUT2D eigenvalue weighted by Crippen LogP contribution is 2.21. The van der Waals surface area contributed by atoms with Crippen LogP contribution in [0, 0.1) is 5.92 Å². The summed E-state index contributed by atoms with van der Waals surface area (Å²) in [6.07, 6.45) is 7.81. The second-order valence-corrected chi connectivity index (χ2v) is 8.57. The van der Waals surface area contributed by atoms with Crippen molar-refractivity contribution in [1.82, 2.24) is 29.9 Å². The van der Waals surface area contributed by atoms with Gasteiger partial charge >= 0.3 is 0 Å². The largest absolute Gasteiger partial charge is 0.357 e. The number of hydrogen-bond donors (Lipinski definition) is 1. The van der Waals surface area contributed by atoms with Gasteiger partial charge in [-0.25, -0.2) is 4.98 Å². The third kappa shape index (κ3) is 8.69. The van der Waals surface area contributed by atoms with Crippen molar-refractivity contribution >= 4 is 29.9 Å². The molecule has 0 unspecified atom stereocenters. The summed E-state index contributed by atoms with van der Waals surface area (Å²) in [5, 5.41) is 7.53. The lowest BCUT2D eigenvalue weighted by Crippen LogP contribution is -2.39. The van der Waals surface area contributed by atoms with Gasteiger partial charge in [0.1, 0.15) is 12.2 Å². The van der Waals surface area contributed by atoms with Crippen molar-refractivity contribution in [3.63, 3.8) is 0 Å². The zero-order valence-electron chi connectivity index (χ0n) is 19.9. The SMILES string of the molecule is CCNC(=NCCCCN1CCC(Cc2ccccc2)CC1)N(C)Cc1ncnn1C.I. The van der Waals surface area contributed by atoms with E-state index in [1.165, 1.54) is 50.9 Å². The first-order valence-corrected chi connectivity index (χ1v) is 11.7. The van der Waals surface area contributed by atoms with E-state index in [1.54, 1.807) is 6.33 Å². The van der Waals surface area contributed by atoms with Gasteiger partial charge in [-0.1, -0.05) is 30.3 Å². The van der Waals surface area contributed by atoms with Crippen LogP contribution in [0.4, 0.5) is 0 Å². The number of piperidine rings is 1. The molecule has 0 aliphatic carbocycles. The molecule has 1 aliphatic rings. The van der Waals surface area contributed by atoms with Crippen molar-refractivity contribution in [3.8, 4) is 0 Å². The van der Waals surface area contributed by atoms with Gasteiger partial charge in [0.25, 0.3) is 0 Å². The zero-order chi connectivity index (χ0) is 21.9. The molecule has 1 aliphatic heterocycles. The Balaban J connectivity index is 0.00000363. The lowest BCUT2D eigenvalue weighted by molar-refractivity contribution is 0.181. The summed E-state index contributed by atoms with van der Waals surface area (Å²) in [6, 6.07) is 10.9. The average molecular weight is 554 g/mol. The van der Waals surface area contributed by atoms with Crippen LogP contribution in [0.25, 0.3) is 0 Å². The molecule has 0 saturated carbocycles. The van der Waals surface area contributed by atoms with Crippen LogP contribution in [0.5, 0.6) is 0 Å². The summed E-state index contributed by atoms with van der Waals surface area (Å²) < 4.78 is 1.81. The van der Waals surface area contributed by atoms with E-state index in [9.17, 15) is 0 Å². The fourth-order valence-corrected chi connectivity index (χ4v) is 4.21. The number of likely N-dealkylation sites (tertiary alicyclic amines) is 1. The first-order valence-electron chi connectivity index (χ1n) is 11.7. The van der Waals surface area contributed by atoms with E-state index in [2.05, 4.69) is 69.5 Å². The van der Waals surface area contributed by atoms with Gasteiger partial charge in [-0.3, -0.25) is 9.67 Å². The van der Waals surface area contributed by atoms with Crippen molar-refractivity contribution < 1.29 is 0 Å². The van der Waals surface area contributed by atoms with E-state index in [0.29, 0.717) is 6.54 Å². The lowest BCUT2D eigenvalue weighted by Gasteiger charge is -2.32. The summed E-state index contributed by atoms with van der Waals surface area (Å²) in [6.45, 7) is 8.19. The summed E-state index contributed by atoms with van der Waals surface area (Å²) in [7, 11) is 3.97. The van der Waals surface area contributed by atoms with Crippen LogP contribution in [0.15, 0.2) is 41.7 Å². The average Bonchev–Trinajstić information content (AvgIpc) is 3.19. The van der Waals surface area contributed by atoms with E-state index in [0.717, 1.165) is 37.2 Å². The minimum absolute atomic E-state index is 0. The summed E-state index contributed by atoms with van der Waals surface area (Å²) in [5.41, 5.74) is 1.49. The first kappa shape index (κ1) is 26.6. The molecule has 1 aromatic carbocycles. The predicted octanol–water partition coefficient (Wildman–Crippen LogP) is 3.57. The Labute approximate surface area is 210 Å². The van der Waals surface area contributed by atoms with Crippen LogP contribution < -0.4 is 5.32 Å². The smallest absolute Gasteiger partial charge is 0.194 e. The molecule has 0 amide bonds. The van der Waals surface area contributed by atoms with Crippen molar-refractivity contribution in [1.29, 1.82) is 0 Å². The Bertz CT molecular complexity index is 785. The Morgan fingerprint density at radius 1 is 1.19 bits per heavy atom. The van der Waals surface area contributed by atoms with Crippen molar-refractivity contribution in [2.24, 2.45) is 18.0 Å². The van der Waals surface area contributed by atoms with Gasteiger partial charge in [0.15, 0.2) is 5.96 Å². The molecule has 0 bridgehead atoms. The Morgan fingerprint density at radius 2 is 1.94 bits per heavy atom. The van der Waals surface area contributed by atoms with E-state index >= 15 is 0 Å². The van der Waals surface area contributed by atoms with Gasteiger partial charge in [0, 0.05) is 27.2 Å². The molecule has 0 spiro atoms. The maximum Gasteiger partial charge on any atom is 0.194 e. The highest BCUT2D eigenvalue weighted by Gasteiger charge is 2.19. The van der Waals surface area contributed by atoms with Crippen molar-refractivity contribution in [2.45, 2.75) is 45.6 Å². The lowest BCUT2D eigenvalue weighted by atomic mass is 9.90. The Kier molecular flexibility index (Phi) is 12.0. The topological polar surface area (TPSA) is 61.6 Å². The molecule has 0 atom stereocenters. The summed E-state index contributed by atoms with van der Waals surface area (Å²) in [4.78, 5) is 13.9. The second kappa shape index (κ2) is 14.5. The highest BCUT2D eigenvalue weighted by atomic mass is 127. The molecule has 7 nitrogen and oxygen atoms in total. The Morgan fingerprint density at radius 3 is 2.59 bits per heavy atom. The monoisotopic (exact) mass is 553 g/mol. The minimum atomic E-state index is 0. The minimum Gasteiger partial charge on any atom is -0.357 e. The molecule has 32 heavy (non-hydrogen) atoms. The van der Waals surface area contributed by atoms with Gasteiger partial charge in [0.05, 0.1) is 6.54 Å². The van der Waals surface area contributed by atoms with Crippen LogP contribution in [0.3, 0.4) is 0 Å². The number of halogens is 1. The van der Waals surface area contributed by atoms with Crippen LogP contribution in [0.2, 0.25) is 0 Å². The zero-order valence-corrected chi connectivity index (χ0v) is 22.2. The van der Waals surface area contributed by atoms with Crippen LogP contribution in [0.1, 0.15) is 44.0 Å². The maximum atomic E-state index is 4.82. The fourth-order valence-electron chi connectivity index (χ4n) is 4.21. The number of nitrogens with zero attached hydrogens (tertiary/aromatic N) is 6. The number of nitrogens with one attached hydrogen (secondary N) is 1.